The van der Waals surface area contributed by atoms with Gasteiger partial charge in [0.2, 0.25) is 0 Å². The molecule has 3 rings (SSSR count). The summed E-state index contributed by atoms with van der Waals surface area (Å²) < 4.78 is 26.8. The molecule has 1 aromatic carbocycles. The average Bonchev–Trinajstić information content (AvgIpc) is 2.91. The van der Waals surface area contributed by atoms with Gasteiger partial charge < -0.3 is 5.32 Å². The zero-order valence-corrected chi connectivity index (χ0v) is 11.5. The number of aryl methyl sites for hydroxylation is 1. The van der Waals surface area contributed by atoms with E-state index in [9.17, 15) is 13.6 Å². The summed E-state index contributed by atoms with van der Waals surface area (Å²) in [5, 5.41) is 4.80. The van der Waals surface area contributed by atoms with Gasteiger partial charge in [-0.15, -0.1) is 11.3 Å². The Bertz CT molecular complexity index is 653. The predicted octanol–water partition coefficient (Wildman–Crippen LogP) is 3.83. The van der Waals surface area contributed by atoms with Gasteiger partial charge in [-0.25, -0.2) is 8.78 Å². The minimum Gasteiger partial charge on any atom is -0.345 e. The maximum atomic E-state index is 13.6. The normalized spacial score (nSPS) is 17.6. The maximum Gasteiger partial charge on any atom is 0.254 e. The largest absolute Gasteiger partial charge is 0.345 e. The minimum atomic E-state index is -1.09. The molecule has 0 saturated heterocycles. The molecule has 5 heteroatoms. The first-order valence-electron chi connectivity index (χ1n) is 6.48. The number of fused-ring (bicyclic) bond motifs is 1. The Kier molecular flexibility index (Phi) is 3.53. The van der Waals surface area contributed by atoms with Crippen molar-refractivity contribution in [1.82, 2.24) is 5.32 Å². The van der Waals surface area contributed by atoms with Crippen molar-refractivity contribution in [2.75, 3.05) is 0 Å². The van der Waals surface area contributed by atoms with E-state index in [-0.39, 0.29) is 11.6 Å². The van der Waals surface area contributed by atoms with Crippen molar-refractivity contribution in [2.45, 2.75) is 25.3 Å². The molecule has 2 nitrogen and oxygen atoms in total. The van der Waals surface area contributed by atoms with Crippen molar-refractivity contribution in [3.05, 3.63) is 57.3 Å². The molecule has 1 aliphatic carbocycles. The summed E-state index contributed by atoms with van der Waals surface area (Å²) >= 11 is 1.67. The van der Waals surface area contributed by atoms with E-state index in [0.717, 1.165) is 30.9 Å². The van der Waals surface area contributed by atoms with E-state index in [2.05, 4.69) is 5.32 Å². The van der Waals surface area contributed by atoms with Crippen molar-refractivity contribution < 1.29 is 13.6 Å². The van der Waals surface area contributed by atoms with Gasteiger partial charge in [0.05, 0.1) is 11.6 Å². The van der Waals surface area contributed by atoms with Crippen LogP contribution in [0.5, 0.6) is 0 Å². The van der Waals surface area contributed by atoms with Crippen molar-refractivity contribution in [1.29, 1.82) is 0 Å². The molecule has 20 heavy (non-hydrogen) atoms. The van der Waals surface area contributed by atoms with Crippen LogP contribution in [0.2, 0.25) is 0 Å². The molecular formula is C15H13F2NOS. The molecule has 1 heterocycles. The number of halogens is 2. The fraction of sp³-hybridized carbons (Fsp3) is 0.267. The second-order valence-corrected chi connectivity index (χ2v) is 5.82. The fourth-order valence-corrected chi connectivity index (χ4v) is 3.54. The summed E-state index contributed by atoms with van der Waals surface area (Å²) in [6.07, 6.45) is 2.84. The van der Waals surface area contributed by atoms with Crippen LogP contribution in [0.1, 0.15) is 39.7 Å². The van der Waals surface area contributed by atoms with Gasteiger partial charge in [0.15, 0.2) is 11.6 Å². The van der Waals surface area contributed by atoms with E-state index in [1.807, 2.05) is 11.4 Å². The number of nitrogens with one attached hydrogen (secondary N) is 1. The third kappa shape index (κ3) is 2.33. The zero-order chi connectivity index (χ0) is 14.1. The summed E-state index contributed by atoms with van der Waals surface area (Å²) in [6, 6.07) is 5.52. The quantitative estimate of drug-likeness (QED) is 0.895. The lowest BCUT2D eigenvalue weighted by Crippen LogP contribution is -2.31. The van der Waals surface area contributed by atoms with Crippen LogP contribution >= 0.6 is 11.3 Å². The SMILES string of the molecule is O=C(NC1CCCc2sccc21)c1cccc(F)c1F. The lowest BCUT2D eigenvalue weighted by atomic mass is 9.94. The summed E-state index contributed by atoms with van der Waals surface area (Å²) in [5.41, 5.74) is 0.860. The van der Waals surface area contributed by atoms with Crippen molar-refractivity contribution in [3.8, 4) is 0 Å². The highest BCUT2D eigenvalue weighted by Gasteiger charge is 2.24. The van der Waals surface area contributed by atoms with Gasteiger partial charge in [-0.1, -0.05) is 6.07 Å². The smallest absolute Gasteiger partial charge is 0.254 e. The van der Waals surface area contributed by atoms with Gasteiger partial charge in [0, 0.05) is 4.88 Å². The Hall–Kier alpha value is -1.75. The highest BCUT2D eigenvalue weighted by molar-refractivity contribution is 7.10. The number of carbonyl (C=O) groups excluding carboxylic acids is 1. The van der Waals surface area contributed by atoms with Gasteiger partial charge in [0.1, 0.15) is 0 Å². The first-order valence-corrected chi connectivity index (χ1v) is 7.36. The Morgan fingerprint density at radius 3 is 3.00 bits per heavy atom. The molecule has 0 fully saturated rings. The number of benzene rings is 1. The highest BCUT2D eigenvalue weighted by atomic mass is 32.1. The zero-order valence-electron chi connectivity index (χ0n) is 10.7. The second kappa shape index (κ2) is 5.32. The van der Waals surface area contributed by atoms with E-state index in [4.69, 9.17) is 0 Å². The van der Waals surface area contributed by atoms with Crippen LogP contribution in [0.4, 0.5) is 8.78 Å². The molecule has 0 spiro atoms. The molecule has 2 aromatic rings. The van der Waals surface area contributed by atoms with E-state index in [1.165, 1.54) is 17.0 Å². The van der Waals surface area contributed by atoms with Crippen LogP contribution < -0.4 is 5.32 Å². The molecule has 1 atom stereocenters. The molecule has 0 saturated carbocycles. The number of rotatable bonds is 2. The van der Waals surface area contributed by atoms with Gasteiger partial charge in [-0.3, -0.25) is 4.79 Å². The summed E-state index contributed by atoms with van der Waals surface area (Å²) in [7, 11) is 0. The molecule has 1 N–H and O–H groups in total. The number of hydrogen-bond acceptors (Lipinski definition) is 2. The standard InChI is InChI=1S/C15H13F2NOS/c16-11-4-1-3-10(14(11)17)15(19)18-12-5-2-6-13-9(12)7-8-20-13/h1,3-4,7-8,12H,2,5-6H2,(H,18,19). The summed E-state index contributed by atoms with van der Waals surface area (Å²) in [4.78, 5) is 13.4. The number of amides is 1. The number of hydrogen-bond donors (Lipinski definition) is 1. The number of carbonyl (C=O) groups is 1. The summed E-state index contributed by atoms with van der Waals surface area (Å²) in [5.74, 6) is -2.66. The summed E-state index contributed by atoms with van der Waals surface area (Å²) in [6.45, 7) is 0. The Morgan fingerprint density at radius 2 is 2.15 bits per heavy atom. The molecule has 1 unspecified atom stereocenters. The molecule has 0 radical (unpaired) electrons. The monoisotopic (exact) mass is 293 g/mol. The van der Waals surface area contributed by atoms with Gasteiger partial charge in [-0.05, 0) is 48.4 Å². The molecule has 1 aromatic heterocycles. The lowest BCUT2D eigenvalue weighted by molar-refractivity contribution is 0.0928. The van der Waals surface area contributed by atoms with Crippen LogP contribution in [-0.4, -0.2) is 5.91 Å². The number of thiophene rings is 1. The van der Waals surface area contributed by atoms with Crippen LogP contribution in [0.15, 0.2) is 29.6 Å². The predicted molar refractivity (Wildman–Crippen MR) is 73.8 cm³/mol. The third-order valence-electron chi connectivity index (χ3n) is 3.55. The average molecular weight is 293 g/mol. The van der Waals surface area contributed by atoms with Crippen LogP contribution in [0.3, 0.4) is 0 Å². The molecule has 104 valence electrons. The van der Waals surface area contributed by atoms with Crippen LogP contribution in [-0.2, 0) is 6.42 Å². The Balaban J connectivity index is 1.83. The first-order chi connectivity index (χ1) is 9.66. The van der Waals surface area contributed by atoms with Crippen molar-refractivity contribution in [2.24, 2.45) is 0 Å². The molecule has 1 aliphatic rings. The van der Waals surface area contributed by atoms with Gasteiger partial charge >= 0.3 is 0 Å². The highest BCUT2D eigenvalue weighted by Crippen LogP contribution is 2.33. The minimum absolute atomic E-state index is 0.111. The van der Waals surface area contributed by atoms with E-state index in [1.54, 1.807) is 11.3 Å². The molecule has 0 bridgehead atoms. The van der Waals surface area contributed by atoms with Gasteiger partial charge in [-0.2, -0.15) is 0 Å². The van der Waals surface area contributed by atoms with Gasteiger partial charge in [0.25, 0.3) is 5.91 Å². The van der Waals surface area contributed by atoms with E-state index in [0.29, 0.717) is 0 Å². The topological polar surface area (TPSA) is 29.1 Å². The molecule has 0 aliphatic heterocycles. The fourth-order valence-electron chi connectivity index (χ4n) is 2.55. The van der Waals surface area contributed by atoms with Crippen molar-refractivity contribution >= 4 is 17.2 Å². The first kappa shape index (κ1) is 13.2. The molecular weight excluding hydrogens is 280 g/mol. The lowest BCUT2D eigenvalue weighted by Gasteiger charge is -2.23. The molecule has 1 amide bonds. The second-order valence-electron chi connectivity index (χ2n) is 4.82. The third-order valence-corrected chi connectivity index (χ3v) is 4.55. The van der Waals surface area contributed by atoms with Crippen molar-refractivity contribution in [3.63, 3.8) is 0 Å². The Morgan fingerprint density at radius 1 is 1.30 bits per heavy atom. The Labute approximate surface area is 119 Å². The maximum absolute atomic E-state index is 13.6. The van der Waals surface area contributed by atoms with Crippen LogP contribution in [0.25, 0.3) is 0 Å². The van der Waals surface area contributed by atoms with E-state index >= 15 is 0 Å². The van der Waals surface area contributed by atoms with Crippen LogP contribution in [0, 0.1) is 11.6 Å². The van der Waals surface area contributed by atoms with E-state index < -0.39 is 17.5 Å².